The van der Waals surface area contributed by atoms with Crippen molar-refractivity contribution in [1.82, 2.24) is 10.2 Å². The first kappa shape index (κ1) is 12.9. The topological polar surface area (TPSA) is 69.6 Å². The molecule has 2 amide bonds. The summed E-state index contributed by atoms with van der Waals surface area (Å²) in [6.45, 7) is 4.06. The molecule has 1 unspecified atom stereocenters. The third kappa shape index (κ3) is 2.33. The van der Waals surface area contributed by atoms with Crippen LogP contribution in [0.2, 0.25) is 0 Å². The van der Waals surface area contributed by atoms with Crippen molar-refractivity contribution >= 4 is 23.3 Å². The van der Waals surface area contributed by atoms with E-state index in [0.717, 1.165) is 6.42 Å². The number of nitrogens with zero attached hydrogens (tertiary/aromatic N) is 1. The number of rotatable bonds is 2. The monoisotopic (exact) mass is 268 g/mol. The van der Waals surface area contributed by atoms with Gasteiger partial charge >= 0.3 is 12.0 Å². The van der Waals surface area contributed by atoms with Crippen LogP contribution < -0.4 is 5.32 Å². The maximum Gasteiger partial charge on any atom is 0.325 e. The predicted octanol–water partition coefficient (Wildman–Crippen LogP) is 1.85. The largest absolute Gasteiger partial charge is 0.480 e. The van der Waals surface area contributed by atoms with E-state index in [9.17, 15) is 9.59 Å². The Morgan fingerprint density at radius 2 is 2.33 bits per heavy atom. The molecule has 0 bridgehead atoms. The first-order valence-corrected chi connectivity index (χ1v) is 6.75. The highest BCUT2D eigenvalue weighted by Crippen LogP contribution is 2.32. The summed E-state index contributed by atoms with van der Waals surface area (Å²) >= 11 is 1.71. The number of carboxylic acids is 1. The minimum absolute atomic E-state index is 0.000921. The van der Waals surface area contributed by atoms with Crippen LogP contribution in [0.3, 0.4) is 0 Å². The van der Waals surface area contributed by atoms with Gasteiger partial charge in [-0.3, -0.25) is 4.79 Å². The fraction of sp³-hybridized carbons (Fsp3) is 0.500. The molecule has 6 heteroatoms. The molecule has 2 rings (SSSR count). The zero-order valence-electron chi connectivity index (χ0n) is 10.3. The maximum absolute atomic E-state index is 12.0. The standard InChI is InChI=1S/C12H16N2O3S/c1-7(11(15)16)13-12(17)14-5-3-10-9(8(14)2)4-6-18-10/h4,6-8H,3,5H2,1-2H3,(H,13,17)(H,15,16)/t7-,8?/m0/s1. The number of carbonyl (C=O) groups excluding carboxylic acids is 1. The second-order valence-corrected chi connectivity index (χ2v) is 5.43. The summed E-state index contributed by atoms with van der Waals surface area (Å²) in [5, 5.41) is 13.3. The number of urea groups is 1. The Morgan fingerprint density at radius 3 is 3.00 bits per heavy atom. The Morgan fingerprint density at radius 1 is 1.61 bits per heavy atom. The summed E-state index contributed by atoms with van der Waals surface area (Å²) in [7, 11) is 0. The second kappa shape index (κ2) is 4.97. The summed E-state index contributed by atoms with van der Waals surface area (Å²) in [6.07, 6.45) is 0.839. The third-order valence-corrected chi connectivity index (χ3v) is 4.25. The van der Waals surface area contributed by atoms with Crippen LogP contribution in [0.1, 0.15) is 30.3 Å². The van der Waals surface area contributed by atoms with Gasteiger partial charge in [0.1, 0.15) is 6.04 Å². The van der Waals surface area contributed by atoms with Crippen molar-refractivity contribution in [3.8, 4) is 0 Å². The Kier molecular flexibility index (Phi) is 3.56. The van der Waals surface area contributed by atoms with Gasteiger partial charge in [-0.2, -0.15) is 0 Å². The van der Waals surface area contributed by atoms with E-state index in [1.54, 1.807) is 16.2 Å². The molecule has 1 aromatic heterocycles. The number of fused-ring (bicyclic) bond motifs is 1. The molecule has 1 aliphatic rings. The van der Waals surface area contributed by atoms with Crippen LogP contribution in [-0.2, 0) is 11.2 Å². The first-order valence-electron chi connectivity index (χ1n) is 5.87. The molecule has 0 saturated carbocycles. The van der Waals surface area contributed by atoms with Gasteiger partial charge in [-0.05, 0) is 37.3 Å². The van der Waals surface area contributed by atoms with Crippen LogP contribution in [-0.4, -0.2) is 34.6 Å². The molecule has 2 heterocycles. The lowest BCUT2D eigenvalue weighted by molar-refractivity contribution is -0.138. The smallest absolute Gasteiger partial charge is 0.325 e. The highest BCUT2D eigenvalue weighted by molar-refractivity contribution is 7.10. The predicted molar refractivity (Wildman–Crippen MR) is 68.8 cm³/mol. The van der Waals surface area contributed by atoms with Crippen molar-refractivity contribution in [2.45, 2.75) is 32.4 Å². The third-order valence-electron chi connectivity index (χ3n) is 3.25. The molecule has 98 valence electrons. The van der Waals surface area contributed by atoms with Crippen LogP contribution in [0, 0.1) is 0 Å². The number of amides is 2. The number of carbonyl (C=O) groups is 2. The molecule has 5 nitrogen and oxygen atoms in total. The van der Waals surface area contributed by atoms with Crippen molar-refractivity contribution < 1.29 is 14.7 Å². The molecule has 1 aromatic rings. The zero-order chi connectivity index (χ0) is 13.3. The van der Waals surface area contributed by atoms with Gasteiger partial charge in [-0.25, -0.2) is 4.79 Å². The molecular formula is C12H16N2O3S. The average Bonchev–Trinajstić information content (AvgIpc) is 2.78. The van der Waals surface area contributed by atoms with Crippen LogP contribution in [0.15, 0.2) is 11.4 Å². The van der Waals surface area contributed by atoms with Crippen molar-refractivity contribution in [1.29, 1.82) is 0 Å². The number of carboxylic acid groups (broad SMARTS) is 1. The van der Waals surface area contributed by atoms with Gasteiger partial charge in [0.2, 0.25) is 0 Å². The zero-order valence-corrected chi connectivity index (χ0v) is 11.2. The van der Waals surface area contributed by atoms with Gasteiger partial charge in [-0.1, -0.05) is 0 Å². The van der Waals surface area contributed by atoms with E-state index in [1.807, 2.05) is 18.4 Å². The number of hydrogen-bond donors (Lipinski definition) is 2. The van der Waals surface area contributed by atoms with Gasteiger partial charge in [-0.15, -0.1) is 11.3 Å². The van der Waals surface area contributed by atoms with Crippen LogP contribution in [0.4, 0.5) is 4.79 Å². The van der Waals surface area contributed by atoms with Crippen molar-refractivity contribution in [3.63, 3.8) is 0 Å². The molecule has 0 aliphatic carbocycles. The van der Waals surface area contributed by atoms with E-state index in [1.165, 1.54) is 17.4 Å². The van der Waals surface area contributed by atoms with E-state index >= 15 is 0 Å². The van der Waals surface area contributed by atoms with Gasteiger partial charge in [0.15, 0.2) is 0 Å². The molecule has 0 aromatic carbocycles. The fourth-order valence-corrected chi connectivity index (χ4v) is 3.08. The molecule has 0 fully saturated rings. The summed E-state index contributed by atoms with van der Waals surface area (Å²) in [4.78, 5) is 25.7. The Bertz CT molecular complexity index is 472. The summed E-state index contributed by atoms with van der Waals surface area (Å²) in [6, 6.07) is 0.855. The SMILES string of the molecule is CC1c2ccsc2CCN1C(=O)N[C@@H](C)C(=O)O. The number of nitrogens with one attached hydrogen (secondary N) is 1. The maximum atomic E-state index is 12.0. The van der Waals surface area contributed by atoms with Crippen LogP contribution in [0.25, 0.3) is 0 Å². The van der Waals surface area contributed by atoms with E-state index in [2.05, 4.69) is 5.32 Å². The normalized spacial score (nSPS) is 20.1. The van der Waals surface area contributed by atoms with Crippen LogP contribution >= 0.6 is 11.3 Å². The van der Waals surface area contributed by atoms with Gasteiger partial charge in [0, 0.05) is 11.4 Å². The van der Waals surface area contributed by atoms with E-state index in [0.29, 0.717) is 6.54 Å². The molecule has 18 heavy (non-hydrogen) atoms. The lowest BCUT2D eigenvalue weighted by Gasteiger charge is -2.34. The van der Waals surface area contributed by atoms with E-state index < -0.39 is 12.0 Å². The van der Waals surface area contributed by atoms with Gasteiger partial charge < -0.3 is 15.3 Å². The number of thiophene rings is 1. The van der Waals surface area contributed by atoms with E-state index in [-0.39, 0.29) is 12.1 Å². The first-order chi connectivity index (χ1) is 8.50. The minimum atomic E-state index is -1.02. The quantitative estimate of drug-likeness (QED) is 0.860. The Hall–Kier alpha value is -1.56. The van der Waals surface area contributed by atoms with Crippen molar-refractivity contribution in [3.05, 3.63) is 21.9 Å². The highest BCUT2D eigenvalue weighted by atomic mass is 32.1. The summed E-state index contributed by atoms with van der Waals surface area (Å²) in [5.41, 5.74) is 1.17. The molecule has 2 N–H and O–H groups in total. The van der Waals surface area contributed by atoms with Crippen LogP contribution in [0.5, 0.6) is 0 Å². The molecule has 2 atom stereocenters. The fourth-order valence-electron chi connectivity index (χ4n) is 2.12. The number of aliphatic carboxylic acids is 1. The Labute approximate surface area is 109 Å². The molecule has 1 aliphatic heterocycles. The lowest BCUT2D eigenvalue weighted by atomic mass is 10.0. The van der Waals surface area contributed by atoms with Gasteiger partial charge in [0.25, 0.3) is 0 Å². The second-order valence-electron chi connectivity index (χ2n) is 4.43. The Balaban J connectivity index is 2.07. The molecule has 0 spiro atoms. The summed E-state index contributed by atoms with van der Waals surface area (Å²) in [5.74, 6) is -1.02. The molecular weight excluding hydrogens is 252 g/mol. The van der Waals surface area contributed by atoms with Crippen molar-refractivity contribution in [2.75, 3.05) is 6.54 Å². The molecule has 0 saturated heterocycles. The lowest BCUT2D eigenvalue weighted by Crippen LogP contribution is -2.49. The minimum Gasteiger partial charge on any atom is -0.480 e. The average molecular weight is 268 g/mol. The summed E-state index contributed by atoms with van der Waals surface area (Å²) < 4.78 is 0. The number of hydrogen-bond acceptors (Lipinski definition) is 3. The van der Waals surface area contributed by atoms with E-state index in [4.69, 9.17) is 5.11 Å². The molecule has 0 radical (unpaired) electrons. The highest BCUT2D eigenvalue weighted by Gasteiger charge is 2.29. The van der Waals surface area contributed by atoms with Gasteiger partial charge in [0.05, 0.1) is 6.04 Å². The van der Waals surface area contributed by atoms with Crippen molar-refractivity contribution in [2.24, 2.45) is 0 Å².